The Balaban J connectivity index is 3.12. The van der Waals surface area contributed by atoms with Gasteiger partial charge in [-0.05, 0) is 6.54 Å². The van der Waals surface area contributed by atoms with E-state index in [1.165, 1.54) is 0 Å². The molecule has 5 N–H and O–H groups in total. The first kappa shape index (κ1) is 8.54. The zero-order valence-corrected chi connectivity index (χ0v) is 6.26. The van der Waals surface area contributed by atoms with Crippen LogP contribution in [0.1, 0.15) is 16.1 Å². The molecular formula is C6H9N3O3. The van der Waals surface area contributed by atoms with Crippen molar-refractivity contribution in [3.05, 3.63) is 21.6 Å². The van der Waals surface area contributed by atoms with Gasteiger partial charge >= 0.3 is 5.97 Å². The lowest BCUT2D eigenvalue weighted by Gasteiger charge is -1.93. The summed E-state index contributed by atoms with van der Waals surface area (Å²) in [5.74, 6) is -1.24. The van der Waals surface area contributed by atoms with Gasteiger partial charge < -0.3 is 15.9 Å². The summed E-state index contributed by atoms with van der Waals surface area (Å²) in [5.41, 5.74) is 4.68. The van der Waals surface area contributed by atoms with Gasteiger partial charge in [-0.2, -0.15) is 0 Å². The number of rotatable bonds is 3. The van der Waals surface area contributed by atoms with E-state index in [0.717, 1.165) is 0 Å². The first-order valence-electron chi connectivity index (χ1n) is 3.39. The molecule has 0 fully saturated rings. The molecule has 0 aliphatic rings. The summed E-state index contributed by atoms with van der Waals surface area (Å²) in [4.78, 5) is 21.3. The first-order chi connectivity index (χ1) is 5.66. The van der Waals surface area contributed by atoms with Gasteiger partial charge in [-0.3, -0.25) is 9.89 Å². The number of carboxylic acids is 1. The molecule has 0 bridgehead atoms. The Bertz CT molecular complexity index is 338. The minimum atomic E-state index is -1.24. The monoisotopic (exact) mass is 171 g/mol. The molecule has 0 saturated heterocycles. The van der Waals surface area contributed by atoms with Gasteiger partial charge in [0.15, 0.2) is 0 Å². The molecule has 1 aromatic heterocycles. The van der Waals surface area contributed by atoms with Crippen LogP contribution in [0.5, 0.6) is 0 Å². The minimum Gasteiger partial charge on any atom is -0.477 e. The molecule has 1 heterocycles. The third-order valence-electron chi connectivity index (χ3n) is 1.46. The van der Waals surface area contributed by atoms with Crippen LogP contribution in [0.15, 0.2) is 4.79 Å². The van der Waals surface area contributed by atoms with E-state index in [4.69, 9.17) is 10.8 Å². The van der Waals surface area contributed by atoms with Crippen LogP contribution in [0, 0.1) is 0 Å². The van der Waals surface area contributed by atoms with Crippen molar-refractivity contribution in [1.82, 2.24) is 10.2 Å². The summed E-state index contributed by atoms with van der Waals surface area (Å²) in [6.07, 6.45) is 0.348. The van der Waals surface area contributed by atoms with Crippen LogP contribution >= 0.6 is 0 Å². The second-order valence-electron chi connectivity index (χ2n) is 2.28. The van der Waals surface area contributed by atoms with E-state index < -0.39 is 11.5 Å². The van der Waals surface area contributed by atoms with E-state index in [-0.39, 0.29) is 5.56 Å². The standard InChI is InChI=1S/C6H9N3O3/c7-2-1-3-4(6(11)12)5(10)9-8-3/h1-2,7H2,(H,11,12)(H2,8,9,10). The zero-order chi connectivity index (χ0) is 9.14. The van der Waals surface area contributed by atoms with E-state index in [1.807, 2.05) is 0 Å². The van der Waals surface area contributed by atoms with Gasteiger partial charge in [0.2, 0.25) is 0 Å². The van der Waals surface area contributed by atoms with Crippen molar-refractivity contribution in [3.8, 4) is 0 Å². The van der Waals surface area contributed by atoms with Gasteiger partial charge in [0.05, 0.1) is 5.69 Å². The normalized spacial score (nSPS) is 10.1. The lowest BCUT2D eigenvalue weighted by molar-refractivity contribution is 0.0694. The highest BCUT2D eigenvalue weighted by Crippen LogP contribution is 1.98. The highest BCUT2D eigenvalue weighted by atomic mass is 16.4. The summed E-state index contributed by atoms with van der Waals surface area (Å²) < 4.78 is 0. The highest BCUT2D eigenvalue weighted by molar-refractivity contribution is 5.88. The Morgan fingerprint density at radius 2 is 2.17 bits per heavy atom. The molecule has 0 saturated carbocycles. The van der Waals surface area contributed by atoms with Crippen LogP contribution in [0.25, 0.3) is 0 Å². The molecule has 0 aliphatic heterocycles. The quantitative estimate of drug-likeness (QED) is 0.462. The van der Waals surface area contributed by atoms with Gasteiger partial charge in [0.1, 0.15) is 5.56 Å². The number of nitrogens with one attached hydrogen (secondary N) is 2. The summed E-state index contributed by atoms with van der Waals surface area (Å²) in [7, 11) is 0. The number of hydrogen-bond donors (Lipinski definition) is 4. The fourth-order valence-corrected chi connectivity index (χ4v) is 0.952. The fraction of sp³-hybridized carbons (Fsp3) is 0.333. The number of carbonyl (C=O) groups is 1. The van der Waals surface area contributed by atoms with E-state index in [0.29, 0.717) is 18.7 Å². The summed E-state index contributed by atoms with van der Waals surface area (Å²) >= 11 is 0. The molecule has 1 aromatic rings. The molecule has 0 amide bonds. The van der Waals surface area contributed by atoms with Gasteiger partial charge in [0, 0.05) is 6.42 Å². The molecule has 0 radical (unpaired) electrons. The van der Waals surface area contributed by atoms with Crippen molar-refractivity contribution < 1.29 is 9.90 Å². The van der Waals surface area contributed by atoms with E-state index >= 15 is 0 Å². The summed E-state index contributed by atoms with van der Waals surface area (Å²) in [6.45, 7) is 0.300. The molecule has 0 aliphatic carbocycles. The average molecular weight is 171 g/mol. The van der Waals surface area contributed by atoms with Gasteiger partial charge in [-0.15, -0.1) is 0 Å². The molecule has 6 heteroatoms. The van der Waals surface area contributed by atoms with Crippen molar-refractivity contribution in [2.75, 3.05) is 6.54 Å². The Hall–Kier alpha value is -1.56. The highest BCUT2D eigenvalue weighted by Gasteiger charge is 2.15. The minimum absolute atomic E-state index is 0.250. The molecule has 6 nitrogen and oxygen atoms in total. The number of aromatic nitrogens is 2. The van der Waals surface area contributed by atoms with Crippen molar-refractivity contribution in [1.29, 1.82) is 0 Å². The van der Waals surface area contributed by atoms with Crippen LogP contribution in [-0.4, -0.2) is 27.8 Å². The van der Waals surface area contributed by atoms with Crippen LogP contribution in [-0.2, 0) is 6.42 Å². The van der Waals surface area contributed by atoms with E-state index in [1.54, 1.807) is 0 Å². The van der Waals surface area contributed by atoms with Crippen LogP contribution < -0.4 is 11.3 Å². The number of carboxylic acid groups (broad SMARTS) is 1. The summed E-state index contributed by atoms with van der Waals surface area (Å²) in [6, 6.07) is 0. The second-order valence-corrected chi connectivity index (χ2v) is 2.28. The maximum absolute atomic E-state index is 10.8. The topological polar surface area (TPSA) is 112 Å². The number of aromatic carboxylic acids is 1. The van der Waals surface area contributed by atoms with E-state index in [2.05, 4.69) is 10.2 Å². The number of aromatic amines is 2. The molecular weight excluding hydrogens is 162 g/mol. The Labute approximate surface area is 67.4 Å². The maximum atomic E-state index is 10.8. The number of hydrogen-bond acceptors (Lipinski definition) is 3. The smallest absolute Gasteiger partial charge is 0.343 e. The van der Waals surface area contributed by atoms with Crippen molar-refractivity contribution >= 4 is 5.97 Å². The third kappa shape index (κ3) is 1.37. The largest absolute Gasteiger partial charge is 0.477 e. The van der Waals surface area contributed by atoms with Gasteiger partial charge in [0.25, 0.3) is 5.56 Å². The number of nitrogens with two attached hydrogens (primary N) is 1. The van der Waals surface area contributed by atoms with Crippen LogP contribution in [0.4, 0.5) is 0 Å². The molecule has 0 unspecified atom stereocenters. The molecule has 0 atom stereocenters. The fourth-order valence-electron chi connectivity index (χ4n) is 0.952. The first-order valence-corrected chi connectivity index (χ1v) is 3.39. The molecule has 0 spiro atoms. The predicted molar refractivity (Wildman–Crippen MR) is 41.1 cm³/mol. The van der Waals surface area contributed by atoms with Crippen molar-refractivity contribution in [3.63, 3.8) is 0 Å². The maximum Gasteiger partial charge on any atom is 0.343 e. The van der Waals surface area contributed by atoms with Crippen LogP contribution in [0.3, 0.4) is 0 Å². The molecule has 1 rings (SSSR count). The lowest BCUT2D eigenvalue weighted by atomic mass is 10.2. The molecule has 0 aromatic carbocycles. The van der Waals surface area contributed by atoms with Gasteiger partial charge in [-0.25, -0.2) is 4.79 Å². The van der Waals surface area contributed by atoms with Crippen molar-refractivity contribution in [2.24, 2.45) is 5.73 Å². The predicted octanol–water partition coefficient (Wildman–Crippen LogP) is -1.10. The number of H-pyrrole nitrogens is 2. The summed E-state index contributed by atoms with van der Waals surface area (Å²) in [5, 5.41) is 13.2. The van der Waals surface area contributed by atoms with Gasteiger partial charge in [-0.1, -0.05) is 0 Å². The van der Waals surface area contributed by atoms with Crippen LogP contribution in [0.2, 0.25) is 0 Å². The Morgan fingerprint density at radius 3 is 2.67 bits per heavy atom. The molecule has 66 valence electrons. The lowest BCUT2D eigenvalue weighted by Crippen LogP contribution is -2.14. The zero-order valence-electron chi connectivity index (χ0n) is 6.26. The third-order valence-corrected chi connectivity index (χ3v) is 1.46. The van der Waals surface area contributed by atoms with Crippen molar-refractivity contribution in [2.45, 2.75) is 6.42 Å². The van der Waals surface area contributed by atoms with E-state index in [9.17, 15) is 9.59 Å². The Kier molecular flexibility index (Phi) is 2.29. The molecule has 12 heavy (non-hydrogen) atoms. The average Bonchev–Trinajstić information content (AvgIpc) is 2.32. The SMILES string of the molecule is NCCc1[nH][nH]c(=O)c1C(=O)O. The second kappa shape index (κ2) is 3.22. The Morgan fingerprint density at radius 1 is 1.50 bits per heavy atom.